The van der Waals surface area contributed by atoms with Gasteiger partial charge in [-0.2, -0.15) is 0 Å². The third-order valence-electron chi connectivity index (χ3n) is 2.13. The molecule has 0 aliphatic rings. The number of carboxylic acids is 1. The molecule has 0 unspecified atom stereocenters. The number of carboxylic acid groups (broad SMARTS) is 1. The summed E-state index contributed by atoms with van der Waals surface area (Å²) in [5, 5.41) is 8.52. The normalized spacial score (nSPS) is 10.9. The fourth-order valence-electron chi connectivity index (χ4n) is 1.49. The molecule has 112 valence electrons. The van der Waals surface area contributed by atoms with E-state index in [1.807, 2.05) is 6.92 Å². The van der Waals surface area contributed by atoms with Gasteiger partial charge >= 0.3 is 5.97 Å². The molecule has 0 bridgehead atoms. The minimum atomic E-state index is -3.94. The van der Waals surface area contributed by atoms with Crippen LogP contribution in [0.15, 0.2) is 18.2 Å². The predicted octanol–water partition coefficient (Wildman–Crippen LogP) is 1.31. The lowest BCUT2D eigenvalue weighted by atomic mass is 10.3. The fourth-order valence-corrected chi connectivity index (χ4v) is 2.38. The summed E-state index contributed by atoms with van der Waals surface area (Å²) in [6, 6.07) is 4.49. The van der Waals surface area contributed by atoms with Gasteiger partial charge in [-0.3, -0.25) is 9.52 Å². The Morgan fingerprint density at radius 1 is 1.20 bits per heavy atom. The molecule has 0 spiro atoms. The zero-order valence-electron chi connectivity index (χ0n) is 11.3. The molecule has 2 N–H and O–H groups in total. The monoisotopic (exact) mass is 303 g/mol. The first-order valence-electron chi connectivity index (χ1n) is 6.00. The first-order valence-corrected chi connectivity index (χ1v) is 7.65. The molecule has 7 nitrogen and oxygen atoms in total. The zero-order chi connectivity index (χ0) is 15.2. The van der Waals surface area contributed by atoms with Gasteiger partial charge in [-0.25, -0.2) is 8.42 Å². The topological polar surface area (TPSA) is 102 Å². The van der Waals surface area contributed by atoms with Crippen molar-refractivity contribution in [2.75, 3.05) is 23.7 Å². The van der Waals surface area contributed by atoms with E-state index in [1.165, 1.54) is 12.1 Å². The minimum Gasteiger partial charge on any atom is -0.490 e. The van der Waals surface area contributed by atoms with Gasteiger partial charge in [-0.15, -0.1) is 0 Å². The number of ether oxygens (including phenoxy) is 2. The SMILES string of the molecule is CCOc1ccc(NS(=O)(=O)CC(=O)O)cc1OCC. The molecule has 0 amide bonds. The van der Waals surface area contributed by atoms with E-state index in [-0.39, 0.29) is 5.69 Å². The molecule has 0 atom stereocenters. The number of hydrogen-bond donors (Lipinski definition) is 2. The van der Waals surface area contributed by atoms with E-state index in [0.29, 0.717) is 24.7 Å². The summed E-state index contributed by atoms with van der Waals surface area (Å²) in [6.45, 7) is 4.45. The van der Waals surface area contributed by atoms with Crippen LogP contribution in [-0.2, 0) is 14.8 Å². The van der Waals surface area contributed by atoms with E-state index in [4.69, 9.17) is 14.6 Å². The van der Waals surface area contributed by atoms with Crippen LogP contribution in [0.4, 0.5) is 5.69 Å². The Morgan fingerprint density at radius 3 is 2.35 bits per heavy atom. The molecule has 8 heteroatoms. The molecule has 0 saturated heterocycles. The molecule has 20 heavy (non-hydrogen) atoms. The molecule has 0 aliphatic heterocycles. The second-order valence-electron chi connectivity index (χ2n) is 3.78. The van der Waals surface area contributed by atoms with Crippen LogP contribution in [0.5, 0.6) is 11.5 Å². The number of rotatable bonds is 8. The van der Waals surface area contributed by atoms with Gasteiger partial charge in [0.05, 0.1) is 18.9 Å². The average molecular weight is 303 g/mol. The van der Waals surface area contributed by atoms with Crippen LogP contribution in [0, 0.1) is 0 Å². The van der Waals surface area contributed by atoms with Gasteiger partial charge < -0.3 is 14.6 Å². The Hall–Kier alpha value is -1.96. The first kappa shape index (κ1) is 16.1. The fraction of sp³-hybridized carbons (Fsp3) is 0.417. The Kier molecular flexibility index (Phi) is 5.63. The highest BCUT2D eigenvalue weighted by Gasteiger charge is 2.16. The third kappa shape index (κ3) is 4.96. The van der Waals surface area contributed by atoms with Crippen LogP contribution in [-0.4, -0.2) is 38.5 Å². The summed E-state index contributed by atoms with van der Waals surface area (Å²) in [5.41, 5.74) is 0.221. The van der Waals surface area contributed by atoms with Crippen molar-refractivity contribution in [3.8, 4) is 11.5 Å². The lowest BCUT2D eigenvalue weighted by Crippen LogP contribution is -2.22. The smallest absolute Gasteiger partial charge is 0.320 e. The molecular formula is C12H17NO6S. The van der Waals surface area contributed by atoms with Crippen molar-refractivity contribution >= 4 is 21.7 Å². The average Bonchev–Trinajstić information content (AvgIpc) is 2.30. The van der Waals surface area contributed by atoms with E-state index < -0.39 is 21.7 Å². The highest BCUT2D eigenvalue weighted by molar-refractivity contribution is 7.93. The van der Waals surface area contributed by atoms with Crippen LogP contribution in [0.2, 0.25) is 0 Å². The lowest BCUT2D eigenvalue weighted by Gasteiger charge is -2.13. The van der Waals surface area contributed by atoms with Crippen molar-refractivity contribution in [1.82, 2.24) is 0 Å². The van der Waals surface area contributed by atoms with Crippen molar-refractivity contribution in [2.45, 2.75) is 13.8 Å². The van der Waals surface area contributed by atoms with Crippen LogP contribution in [0.1, 0.15) is 13.8 Å². The van der Waals surface area contributed by atoms with Gasteiger partial charge in [0.25, 0.3) is 0 Å². The number of anilines is 1. The third-order valence-corrected chi connectivity index (χ3v) is 3.30. The number of hydrogen-bond acceptors (Lipinski definition) is 5. The van der Waals surface area contributed by atoms with E-state index in [0.717, 1.165) is 0 Å². The second-order valence-corrected chi connectivity index (χ2v) is 5.50. The van der Waals surface area contributed by atoms with Gasteiger partial charge in [0, 0.05) is 6.07 Å². The van der Waals surface area contributed by atoms with Crippen LogP contribution in [0.3, 0.4) is 0 Å². The molecule has 1 aromatic rings. The van der Waals surface area contributed by atoms with Gasteiger partial charge in [-0.1, -0.05) is 0 Å². The molecule has 0 saturated carbocycles. The quantitative estimate of drug-likeness (QED) is 0.750. The Morgan fingerprint density at radius 2 is 1.80 bits per heavy atom. The maximum atomic E-state index is 11.5. The van der Waals surface area contributed by atoms with Crippen molar-refractivity contribution in [2.24, 2.45) is 0 Å². The number of sulfonamides is 1. The molecule has 1 rings (SSSR count). The van der Waals surface area contributed by atoms with Crippen LogP contribution >= 0.6 is 0 Å². The van der Waals surface area contributed by atoms with Crippen LogP contribution in [0.25, 0.3) is 0 Å². The number of nitrogens with one attached hydrogen (secondary N) is 1. The van der Waals surface area contributed by atoms with Crippen molar-refractivity contribution in [3.63, 3.8) is 0 Å². The summed E-state index contributed by atoms with van der Waals surface area (Å²) in [5.74, 6) is -1.53. The van der Waals surface area contributed by atoms with Crippen molar-refractivity contribution in [3.05, 3.63) is 18.2 Å². The second kappa shape index (κ2) is 6.99. The van der Waals surface area contributed by atoms with Crippen molar-refractivity contribution < 1.29 is 27.8 Å². The van der Waals surface area contributed by atoms with Gasteiger partial charge in [0.2, 0.25) is 10.0 Å². The van der Waals surface area contributed by atoms with Gasteiger partial charge in [0.1, 0.15) is 0 Å². The van der Waals surface area contributed by atoms with Crippen molar-refractivity contribution in [1.29, 1.82) is 0 Å². The molecular weight excluding hydrogens is 286 g/mol. The lowest BCUT2D eigenvalue weighted by molar-refractivity contribution is -0.134. The Bertz CT molecular complexity index is 569. The van der Waals surface area contributed by atoms with E-state index >= 15 is 0 Å². The largest absolute Gasteiger partial charge is 0.490 e. The summed E-state index contributed by atoms with van der Waals surface area (Å²) < 4.78 is 35.9. The summed E-state index contributed by atoms with van der Waals surface area (Å²) in [6.07, 6.45) is 0. The Labute approximate surface area is 117 Å². The van der Waals surface area contributed by atoms with Gasteiger partial charge in [0.15, 0.2) is 17.3 Å². The maximum Gasteiger partial charge on any atom is 0.320 e. The van der Waals surface area contributed by atoms with Gasteiger partial charge in [-0.05, 0) is 26.0 Å². The van der Waals surface area contributed by atoms with E-state index in [9.17, 15) is 13.2 Å². The summed E-state index contributed by atoms with van der Waals surface area (Å²) in [7, 11) is -3.94. The number of aliphatic carboxylic acids is 1. The number of carbonyl (C=O) groups is 1. The molecule has 0 heterocycles. The summed E-state index contributed by atoms with van der Waals surface area (Å²) >= 11 is 0. The zero-order valence-corrected chi connectivity index (χ0v) is 12.1. The Balaban J connectivity index is 2.97. The number of benzene rings is 1. The molecule has 0 radical (unpaired) electrons. The minimum absolute atomic E-state index is 0.221. The first-order chi connectivity index (χ1) is 9.38. The highest BCUT2D eigenvalue weighted by atomic mass is 32.2. The van der Waals surface area contributed by atoms with E-state index in [2.05, 4.69) is 4.72 Å². The van der Waals surface area contributed by atoms with Crippen LogP contribution < -0.4 is 14.2 Å². The molecule has 0 aliphatic carbocycles. The highest BCUT2D eigenvalue weighted by Crippen LogP contribution is 2.30. The molecule has 0 fully saturated rings. The van der Waals surface area contributed by atoms with E-state index in [1.54, 1.807) is 13.0 Å². The maximum absolute atomic E-state index is 11.5. The molecule has 1 aromatic carbocycles. The molecule has 0 aromatic heterocycles. The summed E-state index contributed by atoms with van der Waals surface area (Å²) in [4.78, 5) is 10.5. The standard InChI is InChI=1S/C12H17NO6S/c1-3-18-10-6-5-9(7-11(10)19-4-2)13-20(16,17)8-12(14)15/h5-7,13H,3-4,8H2,1-2H3,(H,14,15). The predicted molar refractivity (Wildman–Crippen MR) is 73.8 cm³/mol.